The molecular formula is C23H22F6N2O2. The van der Waals surface area contributed by atoms with E-state index >= 15 is 0 Å². The van der Waals surface area contributed by atoms with Crippen molar-refractivity contribution in [3.05, 3.63) is 60.2 Å². The van der Waals surface area contributed by atoms with Gasteiger partial charge in [-0.1, -0.05) is 48.5 Å². The first-order valence-electron chi connectivity index (χ1n) is 10.5. The van der Waals surface area contributed by atoms with Crippen LogP contribution in [0.2, 0.25) is 0 Å². The topological polar surface area (TPSA) is 32.8 Å². The van der Waals surface area contributed by atoms with Gasteiger partial charge in [0, 0.05) is 32.7 Å². The number of hydrogen-bond acceptors (Lipinski definition) is 3. The van der Waals surface area contributed by atoms with Crippen LogP contribution in [0, 0.1) is 11.8 Å². The van der Waals surface area contributed by atoms with Crippen molar-refractivity contribution in [2.75, 3.05) is 26.2 Å². The summed E-state index contributed by atoms with van der Waals surface area (Å²) >= 11 is 0. The van der Waals surface area contributed by atoms with Gasteiger partial charge in [-0.05, 0) is 34.6 Å². The number of amides is 1. The molecule has 0 aromatic heterocycles. The normalized spacial score (nSPS) is 21.5. The number of carbonyl (C=O) groups excluding carboxylic acids is 1. The van der Waals surface area contributed by atoms with Crippen molar-refractivity contribution in [1.29, 1.82) is 0 Å². The lowest BCUT2D eigenvalue weighted by Gasteiger charge is -2.26. The number of nitrogens with zero attached hydrogens (tertiary/aromatic N) is 2. The monoisotopic (exact) mass is 472 g/mol. The molecule has 0 saturated carbocycles. The summed E-state index contributed by atoms with van der Waals surface area (Å²) < 4.78 is 79.8. The summed E-state index contributed by atoms with van der Waals surface area (Å²) in [6, 6.07) is 18.0. The van der Waals surface area contributed by atoms with Gasteiger partial charge in [0.2, 0.25) is 0 Å². The molecule has 1 amide bonds. The smallest absolute Gasteiger partial charge is 0.426 e. The third kappa shape index (κ3) is 5.43. The predicted molar refractivity (Wildman–Crippen MR) is 108 cm³/mol. The van der Waals surface area contributed by atoms with E-state index in [4.69, 9.17) is 0 Å². The highest BCUT2D eigenvalue weighted by Crippen LogP contribution is 2.37. The maximum Gasteiger partial charge on any atom is 0.434 e. The molecule has 0 N–H and O–H groups in total. The van der Waals surface area contributed by atoms with Crippen molar-refractivity contribution in [2.24, 2.45) is 11.8 Å². The Balaban J connectivity index is 1.33. The van der Waals surface area contributed by atoms with Crippen LogP contribution in [0.5, 0.6) is 0 Å². The fraction of sp³-hybridized carbons (Fsp3) is 0.435. The second-order valence-corrected chi connectivity index (χ2v) is 8.53. The molecule has 0 spiro atoms. The molecule has 0 bridgehead atoms. The highest BCUT2D eigenvalue weighted by Gasteiger charge is 2.60. The summed E-state index contributed by atoms with van der Waals surface area (Å²) in [7, 11) is 0. The summed E-state index contributed by atoms with van der Waals surface area (Å²) in [5, 5.41) is 0. The van der Waals surface area contributed by atoms with Gasteiger partial charge in [0.25, 0.3) is 6.10 Å². The van der Waals surface area contributed by atoms with Gasteiger partial charge < -0.3 is 9.64 Å². The Hall–Kier alpha value is -2.75. The third-order valence-corrected chi connectivity index (χ3v) is 6.07. The van der Waals surface area contributed by atoms with E-state index < -0.39 is 24.5 Å². The Morgan fingerprint density at radius 1 is 0.848 bits per heavy atom. The van der Waals surface area contributed by atoms with Crippen LogP contribution >= 0.6 is 0 Å². The van der Waals surface area contributed by atoms with Crippen molar-refractivity contribution in [1.82, 2.24) is 9.80 Å². The molecule has 4 rings (SSSR count). The van der Waals surface area contributed by atoms with E-state index in [0.29, 0.717) is 19.6 Å². The first-order chi connectivity index (χ1) is 15.5. The molecule has 2 atom stereocenters. The summed E-state index contributed by atoms with van der Waals surface area (Å²) in [6.45, 7) is 2.03. The number of hydrogen-bond donors (Lipinski definition) is 0. The first kappa shape index (κ1) is 23.4. The molecular weight excluding hydrogens is 450 g/mol. The van der Waals surface area contributed by atoms with E-state index in [9.17, 15) is 31.1 Å². The molecule has 2 aromatic carbocycles. The minimum absolute atomic E-state index is 0.0231. The van der Waals surface area contributed by atoms with Crippen molar-refractivity contribution in [3.8, 4) is 11.1 Å². The molecule has 10 heteroatoms. The molecule has 4 nitrogen and oxygen atoms in total. The molecule has 2 unspecified atom stereocenters. The second kappa shape index (κ2) is 8.89. The maximum absolute atomic E-state index is 12.7. The highest BCUT2D eigenvalue weighted by molar-refractivity contribution is 5.68. The second-order valence-electron chi connectivity index (χ2n) is 8.53. The average molecular weight is 472 g/mol. The van der Waals surface area contributed by atoms with Gasteiger partial charge in [-0.25, -0.2) is 4.79 Å². The Morgan fingerprint density at radius 2 is 1.42 bits per heavy atom. The minimum atomic E-state index is -5.71. The lowest BCUT2D eigenvalue weighted by atomic mass is 10.0. The van der Waals surface area contributed by atoms with Crippen molar-refractivity contribution in [2.45, 2.75) is 25.0 Å². The molecule has 2 heterocycles. The van der Waals surface area contributed by atoms with Crippen LogP contribution in [0.15, 0.2) is 54.6 Å². The molecule has 33 heavy (non-hydrogen) atoms. The van der Waals surface area contributed by atoms with Crippen LogP contribution in [0.4, 0.5) is 31.1 Å². The SMILES string of the molecule is O=C(OC(C(F)(F)F)C(F)(F)F)N1CC2CN(Cc3cccc(-c4ccccc4)c3)CC2C1. The van der Waals surface area contributed by atoms with E-state index in [1.807, 2.05) is 48.5 Å². The standard InChI is InChI=1S/C23H22F6N2O2/c24-22(25,26)20(23(27,28)29)33-21(32)31-13-18-11-30(12-19(18)14-31)10-15-5-4-8-17(9-15)16-6-2-1-3-7-16/h1-9,18-20H,10-14H2. The van der Waals surface area contributed by atoms with E-state index in [0.717, 1.165) is 21.6 Å². The summed E-state index contributed by atoms with van der Waals surface area (Å²) in [4.78, 5) is 15.2. The summed E-state index contributed by atoms with van der Waals surface area (Å²) in [6.07, 6.45) is -17.1. The van der Waals surface area contributed by atoms with Crippen molar-refractivity contribution >= 4 is 6.09 Å². The fourth-order valence-corrected chi connectivity index (χ4v) is 4.60. The van der Waals surface area contributed by atoms with Gasteiger partial charge in [0.05, 0.1) is 0 Å². The Bertz CT molecular complexity index is 951. The molecule has 178 valence electrons. The number of rotatable bonds is 4. The number of likely N-dealkylation sites (tertiary alicyclic amines) is 2. The van der Waals surface area contributed by atoms with Crippen molar-refractivity contribution in [3.63, 3.8) is 0 Å². The number of fused-ring (bicyclic) bond motifs is 1. The van der Waals surface area contributed by atoms with Gasteiger partial charge in [-0.3, -0.25) is 4.90 Å². The lowest BCUT2D eigenvalue weighted by molar-refractivity contribution is -0.308. The number of ether oxygens (including phenoxy) is 1. The quantitative estimate of drug-likeness (QED) is 0.563. The summed E-state index contributed by atoms with van der Waals surface area (Å²) in [5.41, 5.74) is 3.29. The molecule has 2 aliphatic rings. The van der Waals surface area contributed by atoms with Gasteiger partial charge in [0.15, 0.2) is 0 Å². The predicted octanol–water partition coefficient (Wildman–Crippen LogP) is 5.35. The van der Waals surface area contributed by atoms with E-state index in [1.165, 1.54) is 0 Å². The zero-order valence-corrected chi connectivity index (χ0v) is 17.4. The first-order valence-corrected chi connectivity index (χ1v) is 10.5. The lowest BCUT2D eigenvalue weighted by Crippen LogP contribution is -2.48. The Labute approximate surface area is 186 Å². The van der Waals surface area contributed by atoms with Crippen LogP contribution in [0.3, 0.4) is 0 Å². The largest absolute Gasteiger partial charge is 0.434 e. The molecule has 0 radical (unpaired) electrons. The number of halogens is 6. The average Bonchev–Trinajstić information content (AvgIpc) is 3.30. The molecule has 2 fully saturated rings. The maximum atomic E-state index is 12.7. The van der Waals surface area contributed by atoms with Crippen molar-refractivity contribution < 1.29 is 35.9 Å². The minimum Gasteiger partial charge on any atom is -0.426 e. The van der Waals surface area contributed by atoms with Gasteiger partial charge in [0.1, 0.15) is 0 Å². The van der Waals surface area contributed by atoms with Crippen LogP contribution in [-0.2, 0) is 11.3 Å². The third-order valence-electron chi connectivity index (χ3n) is 6.07. The van der Waals surface area contributed by atoms with Gasteiger partial charge in [-0.2, -0.15) is 26.3 Å². The zero-order valence-electron chi connectivity index (χ0n) is 17.4. The van der Waals surface area contributed by atoms with Gasteiger partial charge in [-0.15, -0.1) is 0 Å². The van der Waals surface area contributed by atoms with E-state index in [-0.39, 0.29) is 24.9 Å². The Morgan fingerprint density at radius 3 is 2.00 bits per heavy atom. The summed E-state index contributed by atoms with van der Waals surface area (Å²) in [5.74, 6) is -0.0461. The molecule has 2 aliphatic heterocycles. The van der Waals surface area contributed by atoms with Crippen LogP contribution < -0.4 is 0 Å². The van der Waals surface area contributed by atoms with Crippen LogP contribution in [-0.4, -0.2) is 60.5 Å². The Kier molecular flexibility index (Phi) is 6.30. The number of carbonyl (C=O) groups is 1. The number of benzene rings is 2. The number of alkyl halides is 6. The van der Waals surface area contributed by atoms with E-state index in [2.05, 4.69) is 15.7 Å². The van der Waals surface area contributed by atoms with Crippen LogP contribution in [0.25, 0.3) is 11.1 Å². The van der Waals surface area contributed by atoms with E-state index in [1.54, 1.807) is 0 Å². The zero-order chi connectivity index (χ0) is 23.8. The fourth-order valence-electron chi connectivity index (χ4n) is 4.60. The van der Waals surface area contributed by atoms with Gasteiger partial charge >= 0.3 is 18.4 Å². The molecule has 2 aromatic rings. The molecule has 2 saturated heterocycles. The van der Waals surface area contributed by atoms with Crippen LogP contribution in [0.1, 0.15) is 5.56 Å². The molecule has 0 aliphatic carbocycles. The highest BCUT2D eigenvalue weighted by atomic mass is 19.4.